The van der Waals surface area contributed by atoms with Crippen molar-refractivity contribution in [2.24, 2.45) is 0 Å². The van der Waals surface area contributed by atoms with Crippen molar-refractivity contribution in [3.63, 3.8) is 0 Å². The van der Waals surface area contributed by atoms with Crippen LogP contribution < -0.4 is 10.9 Å². The summed E-state index contributed by atoms with van der Waals surface area (Å²) >= 11 is 0. The molecule has 4 heterocycles. The largest absolute Gasteiger partial charge is 0.379 e. The summed E-state index contributed by atoms with van der Waals surface area (Å²) in [5.74, 6) is -0.191. The van der Waals surface area contributed by atoms with Crippen molar-refractivity contribution >= 4 is 32.5 Å². The number of sulfonamides is 1. The van der Waals surface area contributed by atoms with Gasteiger partial charge in [-0.15, -0.1) is 0 Å². The Bertz CT molecular complexity index is 1530. The van der Waals surface area contributed by atoms with Gasteiger partial charge >= 0.3 is 0 Å². The van der Waals surface area contributed by atoms with E-state index in [0.29, 0.717) is 35.6 Å². The van der Waals surface area contributed by atoms with Crippen LogP contribution in [0.1, 0.15) is 10.4 Å². The summed E-state index contributed by atoms with van der Waals surface area (Å²) in [6.07, 6.45) is 4.84. The molecule has 11 nitrogen and oxygen atoms in total. The van der Waals surface area contributed by atoms with E-state index in [1.807, 2.05) is 0 Å². The average Bonchev–Trinajstić information content (AvgIpc) is 3.39. The van der Waals surface area contributed by atoms with Gasteiger partial charge in [0.2, 0.25) is 15.6 Å². The van der Waals surface area contributed by atoms with Crippen molar-refractivity contribution in [3.8, 4) is 5.82 Å². The first-order valence-corrected chi connectivity index (χ1v) is 11.9. The fourth-order valence-corrected chi connectivity index (χ4v) is 5.21. The number of carbonyl (C=O) groups excluding carboxylic acids is 1. The van der Waals surface area contributed by atoms with Gasteiger partial charge in [0.15, 0.2) is 5.82 Å². The third kappa shape index (κ3) is 4.09. The predicted octanol–water partition coefficient (Wildman–Crippen LogP) is 1.38. The second kappa shape index (κ2) is 8.82. The van der Waals surface area contributed by atoms with Crippen molar-refractivity contribution in [1.29, 1.82) is 0 Å². The van der Waals surface area contributed by atoms with Crippen LogP contribution in [0, 0.1) is 0 Å². The van der Waals surface area contributed by atoms with Crippen LogP contribution in [0.4, 0.5) is 5.69 Å². The van der Waals surface area contributed by atoms with Crippen molar-refractivity contribution in [1.82, 2.24) is 24.1 Å². The maximum absolute atomic E-state index is 13.3. The minimum absolute atomic E-state index is 0.0293. The molecule has 2 N–H and O–H groups in total. The number of hydrogen-bond acceptors (Lipinski definition) is 7. The van der Waals surface area contributed by atoms with Crippen molar-refractivity contribution in [2.45, 2.75) is 4.90 Å². The van der Waals surface area contributed by atoms with Gasteiger partial charge in [0.05, 0.1) is 29.4 Å². The number of benzene rings is 1. The zero-order valence-electron chi connectivity index (χ0n) is 17.8. The van der Waals surface area contributed by atoms with E-state index in [1.165, 1.54) is 27.2 Å². The smallest absolute Gasteiger partial charge is 0.256 e. The molecule has 174 valence electrons. The van der Waals surface area contributed by atoms with Gasteiger partial charge in [0.1, 0.15) is 0 Å². The number of aromatic nitrogens is 4. The van der Waals surface area contributed by atoms with E-state index in [4.69, 9.17) is 4.74 Å². The molecule has 0 bridgehead atoms. The molecule has 0 atom stereocenters. The number of anilines is 1. The van der Waals surface area contributed by atoms with Gasteiger partial charge in [0.25, 0.3) is 5.91 Å². The van der Waals surface area contributed by atoms with Crippen molar-refractivity contribution < 1.29 is 17.9 Å². The number of H-pyrrole nitrogens is 1. The first-order chi connectivity index (χ1) is 16.4. The lowest BCUT2D eigenvalue weighted by molar-refractivity contribution is 0.0730. The lowest BCUT2D eigenvalue weighted by atomic mass is 10.1. The fourth-order valence-electron chi connectivity index (χ4n) is 3.78. The van der Waals surface area contributed by atoms with Gasteiger partial charge in [-0.3, -0.25) is 9.59 Å². The molecule has 3 aromatic heterocycles. The second-order valence-corrected chi connectivity index (χ2v) is 9.49. The van der Waals surface area contributed by atoms with Gasteiger partial charge in [0, 0.05) is 48.6 Å². The molecule has 1 amide bonds. The van der Waals surface area contributed by atoms with E-state index in [1.54, 1.807) is 36.8 Å². The lowest BCUT2D eigenvalue weighted by Gasteiger charge is -2.26. The minimum atomic E-state index is -3.79. The first-order valence-electron chi connectivity index (χ1n) is 10.4. The number of aromatic amines is 1. The number of carbonyl (C=O) groups is 1. The summed E-state index contributed by atoms with van der Waals surface area (Å²) in [5.41, 5.74) is 0.270. The Labute approximate surface area is 194 Å². The molecule has 0 unspecified atom stereocenters. The molecular weight excluding hydrogens is 460 g/mol. The highest BCUT2D eigenvalue weighted by molar-refractivity contribution is 7.89. The molecule has 1 fully saturated rings. The van der Waals surface area contributed by atoms with Gasteiger partial charge < -0.3 is 15.0 Å². The highest BCUT2D eigenvalue weighted by Crippen LogP contribution is 2.25. The number of ether oxygens (including phenoxy) is 1. The van der Waals surface area contributed by atoms with E-state index < -0.39 is 21.5 Å². The fraction of sp³-hybridized carbons (Fsp3) is 0.182. The quantitative estimate of drug-likeness (QED) is 0.440. The van der Waals surface area contributed by atoms with Gasteiger partial charge in [-0.05, 0) is 36.4 Å². The van der Waals surface area contributed by atoms with Crippen molar-refractivity contribution in [2.75, 3.05) is 31.6 Å². The topological polar surface area (TPSA) is 139 Å². The van der Waals surface area contributed by atoms with E-state index in [0.717, 1.165) is 6.07 Å². The van der Waals surface area contributed by atoms with Crippen LogP contribution in [-0.4, -0.2) is 64.7 Å². The summed E-state index contributed by atoms with van der Waals surface area (Å²) in [7, 11) is -3.79. The third-order valence-corrected chi connectivity index (χ3v) is 7.32. The number of morpholine rings is 1. The second-order valence-electron chi connectivity index (χ2n) is 7.55. The predicted molar refractivity (Wildman–Crippen MR) is 123 cm³/mol. The standard InChI is InChI=1S/C22H20N6O5S/c29-20-14-17(22(30)26-19-3-1-6-23-21(19)28-8-2-7-24-28)16-13-15(4-5-18(16)25-20)34(31,32)27-9-11-33-12-10-27/h1-8,13-14H,9-12H2,(H,25,29)(H,26,30). The molecule has 1 aliphatic rings. The van der Waals surface area contributed by atoms with Crippen LogP contribution in [0.25, 0.3) is 16.7 Å². The summed E-state index contributed by atoms with van der Waals surface area (Å²) in [6, 6.07) is 10.5. The monoisotopic (exact) mass is 480 g/mol. The van der Waals surface area contributed by atoms with E-state index in [9.17, 15) is 18.0 Å². The van der Waals surface area contributed by atoms with Gasteiger partial charge in [-0.25, -0.2) is 18.1 Å². The number of fused-ring (bicyclic) bond motifs is 1. The summed E-state index contributed by atoms with van der Waals surface area (Å²) < 4.78 is 34.3. The average molecular weight is 481 g/mol. The number of hydrogen-bond donors (Lipinski definition) is 2. The Morgan fingerprint density at radius 3 is 2.68 bits per heavy atom. The summed E-state index contributed by atoms with van der Waals surface area (Å²) in [4.78, 5) is 32.5. The van der Waals surface area contributed by atoms with E-state index >= 15 is 0 Å². The number of nitrogens with zero attached hydrogens (tertiary/aromatic N) is 4. The molecule has 0 saturated carbocycles. The normalized spacial score (nSPS) is 14.8. The Hall–Kier alpha value is -3.87. The highest BCUT2D eigenvalue weighted by Gasteiger charge is 2.27. The van der Waals surface area contributed by atoms with Crippen LogP contribution >= 0.6 is 0 Å². The Kier molecular flexibility index (Phi) is 5.69. The number of rotatable bonds is 5. The highest BCUT2D eigenvalue weighted by atomic mass is 32.2. The van der Waals surface area contributed by atoms with Crippen LogP contribution in [0.5, 0.6) is 0 Å². The molecule has 4 aromatic rings. The number of pyridine rings is 2. The van der Waals surface area contributed by atoms with Crippen LogP contribution in [-0.2, 0) is 14.8 Å². The van der Waals surface area contributed by atoms with Crippen LogP contribution in [0.2, 0.25) is 0 Å². The van der Waals surface area contributed by atoms with E-state index in [-0.39, 0.29) is 23.5 Å². The summed E-state index contributed by atoms with van der Waals surface area (Å²) in [6.45, 7) is 1.13. The molecule has 0 radical (unpaired) electrons. The molecule has 1 aliphatic heterocycles. The van der Waals surface area contributed by atoms with Gasteiger partial charge in [-0.2, -0.15) is 9.40 Å². The SMILES string of the molecule is O=C(Nc1cccnc1-n1cccn1)c1cc(=O)[nH]c2ccc(S(=O)(=O)N3CCOCC3)cc12. The number of nitrogens with one attached hydrogen (secondary N) is 2. The minimum Gasteiger partial charge on any atom is -0.379 e. The lowest BCUT2D eigenvalue weighted by Crippen LogP contribution is -2.40. The van der Waals surface area contributed by atoms with Crippen LogP contribution in [0.15, 0.2) is 70.7 Å². The Morgan fingerprint density at radius 1 is 1.09 bits per heavy atom. The number of amides is 1. The summed E-state index contributed by atoms with van der Waals surface area (Å²) in [5, 5.41) is 7.21. The zero-order chi connectivity index (χ0) is 23.7. The Morgan fingerprint density at radius 2 is 1.91 bits per heavy atom. The maximum Gasteiger partial charge on any atom is 0.256 e. The molecular formula is C22H20N6O5S. The van der Waals surface area contributed by atoms with Crippen LogP contribution in [0.3, 0.4) is 0 Å². The molecule has 0 aliphatic carbocycles. The van der Waals surface area contributed by atoms with Crippen molar-refractivity contribution in [3.05, 3.63) is 77.0 Å². The first kappa shape index (κ1) is 21.9. The molecule has 34 heavy (non-hydrogen) atoms. The van der Waals surface area contributed by atoms with Gasteiger partial charge in [-0.1, -0.05) is 0 Å². The molecule has 1 saturated heterocycles. The van der Waals surface area contributed by atoms with E-state index in [2.05, 4.69) is 20.4 Å². The molecule has 0 spiro atoms. The molecule has 5 rings (SSSR count). The molecule has 1 aromatic carbocycles. The molecule has 12 heteroatoms. The Balaban J connectivity index is 1.55. The third-order valence-electron chi connectivity index (χ3n) is 5.42. The zero-order valence-corrected chi connectivity index (χ0v) is 18.7. The maximum atomic E-state index is 13.3.